The van der Waals surface area contributed by atoms with Crippen LogP contribution in [-0.4, -0.2) is 4.57 Å². The van der Waals surface area contributed by atoms with Gasteiger partial charge in [0.15, 0.2) is 0 Å². The second kappa shape index (κ2) is 7.08. The fraction of sp³-hybridized carbons (Fsp3) is 0.200. The summed E-state index contributed by atoms with van der Waals surface area (Å²) in [5.74, 6) is 0.571. The van der Waals surface area contributed by atoms with E-state index < -0.39 is 11.7 Å². The average Bonchev–Trinajstić information content (AvgIpc) is 3.01. The Morgan fingerprint density at radius 3 is 2.35 bits per heavy atom. The first-order chi connectivity index (χ1) is 12.3. The Hall–Kier alpha value is -2.40. The van der Waals surface area contributed by atoms with E-state index in [4.69, 9.17) is 16.3 Å². The van der Waals surface area contributed by atoms with Gasteiger partial charge in [0.1, 0.15) is 12.4 Å². The van der Waals surface area contributed by atoms with Crippen LogP contribution in [0.2, 0.25) is 5.02 Å². The Kier molecular flexibility index (Phi) is 5.01. The number of benzene rings is 2. The predicted octanol–water partition coefficient (Wildman–Crippen LogP) is 6.35. The molecule has 0 spiro atoms. The molecular formula is C20H17ClF3NO. The molecule has 2 nitrogen and oxygen atoms in total. The first-order valence-electron chi connectivity index (χ1n) is 8.00. The fourth-order valence-electron chi connectivity index (χ4n) is 2.74. The molecule has 0 unspecified atom stereocenters. The van der Waals surface area contributed by atoms with Gasteiger partial charge in [-0.05, 0) is 61.4 Å². The van der Waals surface area contributed by atoms with Crippen LogP contribution < -0.4 is 4.74 Å². The third-order valence-corrected chi connectivity index (χ3v) is 4.57. The summed E-state index contributed by atoms with van der Waals surface area (Å²) in [6.07, 6.45) is -3.06. The van der Waals surface area contributed by atoms with E-state index in [2.05, 4.69) is 0 Å². The van der Waals surface area contributed by atoms with Crippen molar-refractivity contribution < 1.29 is 17.9 Å². The van der Waals surface area contributed by atoms with Crippen LogP contribution in [0, 0.1) is 13.8 Å². The number of hydrogen-bond donors (Lipinski definition) is 0. The van der Waals surface area contributed by atoms with Crippen molar-refractivity contribution in [1.29, 1.82) is 0 Å². The third kappa shape index (κ3) is 3.73. The molecular weight excluding hydrogens is 363 g/mol. The van der Waals surface area contributed by atoms with Crippen LogP contribution in [0.5, 0.6) is 5.75 Å². The van der Waals surface area contributed by atoms with Gasteiger partial charge in [0, 0.05) is 16.9 Å². The highest BCUT2D eigenvalue weighted by molar-refractivity contribution is 6.30. The molecule has 0 aliphatic carbocycles. The van der Waals surface area contributed by atoms with E-state index >= 15 is 0 Å². The fourth-order valence-corrected chi connectivity index (χ4v) is 2.87. The van der Waals surface area contributed by atoms with Crippen LogP contribution >= 0.6 is 11.6 Å². The Bertz CT molecular complexity index is 914. The number of ether oxygens (including phenoxy) is 1. The predicted molar refractivity (Wildman–Crippen MR) is 96.0 cm³/mol. The lowest BCUT2D eigenvalue weighted by Gasteiger charge is -2.16. The topological polar surface area (TPSA) is 14.2 Å². The monoisotopic (exact) mass is 379 g/mol. The van der Waals surface area contributed by atoms with Crippen LogP contribution in [0.15, 0.2) is 54.7 Å². The minimum Gasteiger partial charge on any atom is -0.487 e. The molecule has 2 aromatic carbocycles. The van der Waals surface area contributed by atoms with Gasteiger partial charge in [-0.1, -0.05) is 23.7 Å². The first-order valence-corrected chi connectivity index (χ1v) is 8.37. The van der Waals surface area contributed by atoms with Crippen molar-refractivity contribution in [3.8, 4) is 11.4 Å². The van der Waals surface area contributed by atoms with Gasteiger partial charge in [0.25, 0.3) is 0 Å². The van der Waals surface area contributed by atoms with Crippen LogP contribution in [0.25, 0.3) is 5.69 Å². The molecule has 0 saturated heterocycles. The maximum absolute atomic E-state index is 13.4. The van der Waals surface area contributed by atoms with Crippen molar-refractivity contribution in [2.24, 2.45) is 0 Å². The van der Waals surface area contributed by atoms with Crippen molar-refractivity contribution >= 4 is 11.6 Å². The Morgan fingerprint density at radius 1 is 1.00 bits per heavy atom. The number of rotatable bonds is 4. The highest BCUT2D eigenvalue weighted by Crippen LogP contribution is 2.35. The molecule has 0 saturated carbocycles. The first kappa shape index (κ1) is 18.4. The largest absolute Gasteiger partial charge is 0.487 e. The second-order valence-corrected chi connectivity index (χ2v) is 6.44. The molecule has 0 fully saturated rings. The number of aromatic nitrogens is 1. The normalized spacial score (nSPS) is 11.6. The highest BCUT2D eigenvalue weighted by Gasteiger charge is 2.35. The van der Waals surface area contributed by atoms with E-state index in [-0.39, 0.29) is 12.3 Å². The zero-order chi connectivity index (χ0) is 18.9. The SMILES string of the molecule is Cc1cccc(OCc2c(C(F)(F)F)ccn2-c2ccc(Cl)cc2)c1C. The molecule has 1 heterocycles. The van der Waals surface area contributed by atoms with Gasteiger partial charge < -0.3 is 9.30 Å². The minimum atomic E-state index is -4.46. The molecule has 1 aromatic heterocycles. The van der Waals surface area contributed by atoms with Crippen molar-refractivity contribution in [2.75, 3.05) is 0 Å². The van der Waals surface area contributed by atoms with E-state index in [0.29, 0.717) is 16.5 Å². The Morgan fingerprint density at radius 2 is 1.69 bits per heavy atom. The van der Waals surface area contributed by atoms with Gasteiger partial charge in [0.2, 0.25) is 0 Å². The van der Waals surface area contributed by atoms with Crippen LogP contribution in [0.4, 0.5) is 13.2 Å². The van der Waals surface area contributed by atoms with Crippen LogP contribution in [0.1, 0.15) is 22.4 Å². The van der Waals surface area contributed by atoms with E-state index in [1.54, 1.807) is 30.3 Å². The van der Waals surface area contributed by atoms with Crippen LogP contribution in [-0.2, 0) is 12.8 Å². The highest BCUT2D eigenvalue weighted by atomic mass is 35.5. The molecule has 0 aliphatic heterocycles. The number of aryl methyl sites for hydroxylation is 1. The molecule has 3 rings (SSSR count). The van der Waals surface area contributed by atoms with Gasteiger partial charge in [-0.25, -0.2) is 0 Å². The summed E-state index contributed by atoms with van der Waals surface area (Å²) >= 11 is 5.88. The van der Waals surface area contributed by atoms with Gasteiger partial charge in [-0.3, -0.25) is 0 Å². The van der Waals surface area contributed by atoms with Crippen molar-refractivity contribution in [3.63, 3.8) is 0 Å². The molecule has 0 aliphatic rings. The molecule has 0 radical (unpaired) electrons. The summed E-state index contributed by atoms with van der Waals surface area (Å²) in [6.45, 7) is 3.61. The maximum atomic E-state index is 13.4. The lowest BCUT2D eigenvalue weighted by atomic mass is 10.1. The Labute approximate surface area is 154 Å². The number of nitrogens with zero attached hydrogens (tertiary/aromatic N) is 1. The Balaban J connectivity index is 1.99. The summed E-state index contributed by atoms with van der Waals surface area (Å²) in [4.78, 5) is 0. The lowest BCUT2D eigenvalue weighted by Crippen LogP contribution is -2.13. The van der Waals surface area contributed by atoms with Gasteiger partial charge >= 0.3 is 6.18 Å². The van der Waals surface area contributed by atoms with E-state index in [9.17, 15) is 13.2 Å². The van der Waals surface area contributed by atoms with Crippen molar-refractivity contribution in [1.82, 2.24) is 4.57 Å². The maximum Gasteiger partial charge on any atom is 0.418 e. The molecule has 3 aromatic rings. The smallest absolute Gasteiger partial charge is 0.418 e. The number of alkyl halides is 3. The standard InChI is InChI=1S/C20H17ClF3NO/c1-13-4-3-5-19(14(13)2)26-12-18-17(20(22,23)24)10-11-25(18)16-8-6-15(21)7-9-16/h3-11H,12H2,1-2H3. The minimum absolute atomic E-state index is 0.0423. The average molecular weight is 380 g/mol. The zero-order valence-electron chi connectivity index (χ0n) is 14.3. The molecule has 0 N–H and O–H groups in total. The molecule has 0 amide bonds. The summed E-state index contributed by atoms with van der Waals surface area (Å²) in [6, 6.07) is 13.2. The van der Waals surface area contributed by atoms with Crippen molar-refractivity contribution in [2.45, 2.75) is 26.6 Å². The van der Waals surface area contributed by atoms with Crippen LogP contribution in [0.3, 0.4) is 0 Å². The van der Waals surface area contributed by atoms with E-state index in [1.807, 2.05) is 26.0 Å². The third-order valence-electron chi connectivity index (χ3n) is 4.32. The van der Waals surface area contributed by atoms with E-state index in [1.165, 1.54) is 10.8 Å². The second-order valence-electron chi connectivity index (χ2n) is 6.01. The zero-order valence-corrected chi connectivity index (χ0v) is 15.0. The number of halogens is 4. The summed E-state index contributed by atoms with van der Waals surface area (Å²) in [5.41, 5.74) is 1.85. The molecule has 0 bridgehead atoms. The lowest BCUT2D eigenvalue weighted by molar-refractivity contribution is -0.138. The number of hydrogen-bond acceptors (Lipinski definition) is 1. The van der Waals surface area contributed by atoms with Gasteiger partial charge in [0.05, 0.1) is 11.3 Å². The van der Waals surface area contributed by atoms with Crippen molar-refractivity contribution in [3.05, 3.63) is 82.1 Å². The summed E-state index contributed by atoms with van der Waals surface area (Å²) in [7, 11) is 0. The van der Waals surface area contributed by atoms with Gasteiger partial charge in [-0.15, -0.1) is 0 Å². The summed E-state index contributed by atoms with van der Waals surface area (Å²) in [5, 5.41) is 0.519. The molecule has 26 heavy (non-hydrogen) atoms. The molecule has 6 heteroatoms. The summed E-state index contributed by atoms with van der Waals surface area (Å²) < 4.78 is 47.5. The quantitative estimate of drug-likeness (QED) is 0.515. The molecule has 0 atom stereocenters. The van der Waals surface area contributed by atoms with E-state index in [0.717, 1.165) is 17.2 Å². The van der Waals surface area contributed by atoms with Gasteiger partial charge in [-0.2, -0.15) is 13.2 Å². The molecule has 136 valence electrons.